The molecule has 0 radical (unpaired) electrons. The fourth-order valence-corrected chi connectivity index (χ4v) is 4.05. The van der Waals surface area contributed by atoms with Gasteiger partial charge < -0.3 is 4.90 Å². The number of nitrogens with zero attached hydrogens (tertiary/aromatic N) is 1. The van der Waals surface area contributed by atoms with E-state index in [1.165, 1.54) is 0 Å². The molecule has 0 saturated carbocycles. The molecular formula is C20H26N2O3S. The quantitative estimate of drug-likeness (QED) is 0.810. The summed E-state index contributed by atoms with van der Waals surface area (Å²) in [5, 5.41) is 0. The van der Waals surface area contributed by atoms with E-state index in [4.69, 9.17) is 0 Å². The van der Waals surface area contributed by atoms with Crippen molar-refractivity contribution in [3.05, 3.63) is 64.7 Å². The summed E-state index contributed by atoms with van der Waals surface area (Å²) in [5.74, 6) is -0.100. The molecule has 0 heterocycles. The summed E-state index contributed by atoms with van der Waals surface area (Å²) in [6.07, 6.45) is 0.118. The van der Waals surface area contributed by atoms with Crippen LogP contribution in [0.3, 0.4) is 0 Å². The molecule has 0 spiro atoms. The second-order valence-corrected chi connectivity index (χ2v) is 8.33. The number of amides is 1. The van der Waals surface area contributed by atoms with E-state index in [1.807, 2.05) is 44.2 Å². The number of aryl methyl sites for hydroxylation is 3. The van der Waals surface area contributed by atoms with Crippen molar-refractivity contribution in [1.29, 1.82) is 0 Å². The van der Waals surface area contributed by atoms with Crippen molar-refractivity contribution >= 4 is 15.9 Å². The predicted molar refractivity (Wildman–Crippen MR) is 103 cm³/mol. The minimum absolute atomic E-state index is 0.0761. The van der Waals surface area contributed by atoms with Gasteiger partial charge in [0.25, 0.3) is 0 Å². The lowest BCUT2D eigenvalue weighted by Crippen LogP contribution is -2.32. The molecule has 1 N–H and O–H groups in total. The van der Waals surface area contributed by atoms with Crippen LogP contribution in [0.15, 0.2) is 47.4 Å². The molecule has 2 aromatic rings. The van der Waals surface area contributed by atoms with E-state index in [2.05, 4.69) is 4.72 Å². The van der Waals surface area contributed by atoms with E-state index >= 15 is 0 Å². The first-order valence-corrected chi connectivity index (χ1v) is 10.0. The Morgan fingerprint density at radius 1 is 1.04 bits per heavy atom. The highest BCUT2D eigenvalue weighted by molar-refractivity contribution is 7.89. The highest BCUT2D eigenvalue weighted by Gasteiger charge is 2.18. The minimum Gasteiger partial charge on any atom is -0.341 e. The fraction of sp³-hybridized carbons (Fsp3) is 0.350. The molecule has 0 bridgehead atoms. The zero-order chi connectivity index (χ0) is 19.3. The number of hydrogen-bond donors (Lipinski definition) is 1. The van der Waals surface area contributed by atoms with Crippen molar-refractivity contribution < 1.29 is 13.2 Å². The summed E-state index contributed by atoms with van der Waals surface area (Å²) < 4.78 is 27.4. The van der Waals surface area contributed by atoms with Crippen molar-refractivity contribution in [2.24, 2.45) is 0 Å². The fourth-order valence-electron chi connectivity index (χ4n) is 2.69. The second-order valence-electron chi connectivity index (χ2n) is 6.59. The van der Waals surface area contributed by atoms with Gasteiger partial charge in [0, 0.05) is 26.6 Å². The molecule has 6 heteroatoms. The molecule has 1 amide bonds. The summed E-state index contributed by atoms with van der Waals surface area (Å²) in [5.41, 5.74) is 3.78. The largest absolute Gasteiger partial charge is 0.341 e. The maximum Gasteiger partial charge on any atom is 0.240 e. The number of rotatable bonds is 7. The molecule has 0 saturated heterocycles. The van der Waals surface area contributed by atoms with Gasteiger partial charge in [-0.1, -0.05) is 36.4 Å². The first-order valence-electron chi connectivity index (χ1n) is 8.56. The van der Waals surface area contributed by atoms with Crippen molar-refractivity contribution in [3.63, 3.8) is 0 Å². The van der Waals surface area contributed by atoms with Crippen LogP contribution >= 0.6 is 0 Å². The monoisotopic (exact) mass is 374 g/mol. The molecule has 140 valence electrons. The van der Waals surface area contributed by atoms with Gasteiger partial charge in [0.2, 0.25) is 15.9 Å². The molecule has 2 rings (SSSR count). The number of nitrogens with one attached hydrogen (secondary N) is 1. The number of sulfonamides is 1. The van der Waals surface area contributed by atoms with E-state index in [9.17, 15) is 13.2 Å². The molecule has 0 atom stereocenters. The molecule has 26 heavy (non-hydrogen) atoms. The Morgan fingerprint density at radius 2 is 1.73 bits per heavy atom. The minimum atomic E-state index is -3.62. The van der Waals surface area contributed by atoms with Crippen molar-refractivity contribution in [2.75, 3.05) is 13.6 Å². The van der Waals surface area contributed by atoms with Gasteiger partial charge in [0.1, 0.15) is 0 Å². The van der Waals surface area contributed by atoms with E-state index in [1.54, 1.807) is 31.0 Å². The standard InChI is InChI=1S/C20H26N2O3S/c1-15-9-10-17(3)19(13-15)26(24,25)21-12-11-20(23)22(4)14-18-8-6-5-7-16(18)2/h5-10,13,21H,11-12,14H2,1-4H3. The van der Waals surface area contributed by atoms with Crippen LogP contribution in [0, 0.1) is 20.8 Å². The molecule has 0 aliphatic heterocycles. The summed E-state index contributed by atoms with van der Waals surface area (Å²) in [4.78, 5) is 14.2. The first-order chi connectivity index (χ1) is 12.2. The molecule has 0 aliphatic rings. The van der Waals surface area contributed by atoms with Crippen LogP contribution in [-0.2, 0) is 21.4 Å². The second kappa shape index (κ2) is 8.47. The lowest BCUT2D eigenvalue weighted by Gasteiger charge is -2.19. The molecule has 5 nitrogen and oxygen atoms in total. The normalized spacial score (nSPS) is 11.4. The zero-order valence-corrected chi connectivity index (χ0v) is 16.6. The van der Waals surface area contributed by atoms with Crippen LogP contribution in [0.1, 0.15) is 28.7 Å². The number of benzene rings is 2. The Bertz CT molecular complexity index is 892. The average Bonchev–Trinajstić information content (AvgIpc) is 2.58. The topological polar surface area (TPSA) is 66.5 Å². The van der Waals surface area contributed by atoms with Crippen molar-refractivity contribution in [1.82, 2.24) is 9.62 Å². The highest BCUT2D eigenvalue weighted by Crippen LogP contribution is 2.16. The molecule has 0 aromatic heterocycles. The van der Waals surface area contributed by atoms with E-state index in [-0.39, 0.29) is 23.8 Å². The predicted octanol–water partition coefficient (Wildman–Crippen LogP) is 2.94. The Hall–Kier alpha value is -2.18. The summed E-state index contributed by atoms with van der Waals surface area (Å²) in [6, 6.07) is 13.2. The molecule has 2 aromatic carbocycles. The first kappa shape index (κ1) is 20.1. The third-order valence-electron chi connectivity index (χ3n) is 4.36. The van der Waals surface area contributed by atoms with Crippen molar-refractivity contribution in [2.45, 2.75) is 38.6 Å². The van der Waals surface area contributed by atoms with Crippen LogP contribution in [0.25, 0.3) is 0 Å². The number of hydrogen-bond acceptors (Lipinski definition) is 3. The van der Waals surface area contributed by atoms with Gasteiger partial charge >= 0.3 is 0 Å². The SMILES string of the molecule is Cc1ccc(C)c(S(=O)(=O)NCCC(=O)N(C)Cc2ccccc2C)c1. The van der Waals surface area contributed by atoms with E-state index in [0.717, 1.165) is 16.7 Å². The maximum absolute atomic E-state index is 12.5. The third kappa shape index (κ3) is 5.16. The molecule has 0 unspecified atom stereocenters. The van der Waals surface area contributed by atoms with Crippen LogP contribution in [-0.4, -0.2) is 32.8 Å². The van der Waals surface area contributed by atoms with Gasteiger partial charge in [-0.2, -0.15) is 0 Å². The smallest absolute Gasteiger partial charge is 0.240 e. The Kier molecular flexibility index (Phi) is 6.56. The van der Waals surface area contributed by atoms with Crippen LogP contribution in [0.4, 0.5) is 0 Å². The average molecular weight is 375 g/mol. The lowest BCUT2D eigenvalue weighted by atomic mass is 10.1. The molecular weight excluding hydrogens is 348 g/mol. The summed E-state index contributed by atoms with van der Waals surface area (Å²) in [6.45, 7) is 6.20. The zero-order valence-electron chi connectivity index (χ0n) is 15.7. The van der Waals surface area contributed by atoms with Gasteiger partial charge in [-0.05, 0) is 49.1 Å². The van der Waals surface area contributed by atoms with Gasteiger partial charge in [-0.25, -0.2) is 13.1 Å². The van der Waals surface area contributed by atoms with Gasteiger partial charge in [-0.15, -0.1) is 0 Å². The van der Waals surface area contributed by atoms with E-state index < -0.39 is 10.0 Å². The Labute approximate surface area is 156 Å². The van der Waals surface area contributed by atoms with Crippen LogP contribution in [0.2, 0.25) is 0 Å². The number of carbonyl (C=O) groups excluding carboxylic acids is 1. The summed E-state index contributed by atoms with van der Waals surface area (Å²) >= 11 is 0. The van der Waals surface area contributed by atoms with E-state index in [0.29, 0.717) is 12.1 Å². The van der Waals surface area contributed by atoms with Gasteiger partial charge in [0.15, 0.2) is 0 Å². The Balaban J connectivity index is 1.93. The van der Waals surface area contributed by atoms with Crippen LogP contribution in [0.5, 0.6) is 0 Å². The van der Waals surface area contributed by atoms with Crippen molar-refractivity contribution in [3.8, 4) is 0 Å². The highest BCUT2D eigenvalue weighted by atomic mass is 32.2. The molecule has 0 aliphatic carbocycles. The third-order valence-corrected chi connectivity index (χ3v) is 5.96. The summed E-state index contributed by atoms with van der Waals surface area (Å²) in [7, 11) is -1.89. The lowest BCUT2D eigenvalue weighted by molar-refractivity contribution is -0.130. The number of carbonyl (C=O) groups is 1. The maximum atomic E-state index is 12.5. The molecule has 0 fully saturated rings. The van der Waals surface area contributed by atoms with Gasteiger partial charge in [-0.3, -0.25) is 4.79 Å². The van der Waals surface area contributed by atoms with Crippen LogP contribution < -0.4 is 4.72 Å². The Morgan fingerprint density at radius 3 is 2.42 bits per heavy atom. The van der Waals surface area contributed by atoms with Gasteiger partial charge in [0.05, 0.1) is 4.90 Å².